The molecule has 0 spiro atoms. The SMILES string of the molecule is Cc1noc(C)c1CN(C)C(=O)NCc1cccc2cccnc12. The molecule has 0 aliphatic carbocycles. The zero-order chi connectivity index (χ0) is 17.1. The number of hydrogen-bond acceptors (Lipinski definition) is 4. The van der Waals surface area contributed by atoms with Gasteiger partial charge in [-0.05, 0) is 25.5 Å². The molecule has 0 aliphatic heterocycles. The number of carbonyl (C=O) groups is 1. The number of fused-ring (bicyclic) bond motifs is 1. The third-order valence-electron chi connectivity index (χ3n) is 4.07. The molecule has 0 saturated heterocycles. The summed E-state index contributed by atoms with van der Waals surface area (Å²) in [5.74, 6) is 0.741. The smallest absolute Gasteiger partial charge is 0.317 e. The van der Waals surface area contributed by atoms with Crippen LogP contribution < -0.4 is 5.32 Å². The number of para-hydroxylation sites is 1. The topological polar surface area (TPSA) is 71.3 Å². The van der Waals surface area contributed by atoms with Gasteiger partial charge in [0.15, 0.2) is 0 Å². The van der Waals surface area contributed by atoms with E-state index in [1.807, 2.05) is 44.2 Å². The largest absolute Gasteiger partial charge is 0.361 e. The Morgan fingerprint density at radius 2 is 2.04 bits per heavy atom. The number of nitrogens with one attached hydrogen (secondary N) is 1. The van der Waals surface area contributed by atoms with Gasteiger partial charge in [-0.2, -0.15) is 0 Å². The number of aryl methyl sites for hydroxylation is 2. The van der Waals surface area contributed by atoms with E-state index in [9.17, 15) is 4.79 Å². The second-order valence-electron chi connectivity index (χ2n) is 5.81. The Morgan fingerprint density at radius 3 is 2.79 bits per heavy atom. The monoisotopic (exact) mass is 324 g/mol. The Morgan fingerprint density at radius 1 is 1.25 bits per heavy atom. The number of rotatable bonds is 4. The average molecular weight is 324 g/mol. The number of hydrogen-bond donors (Lipinski definition) is 1. The van der Waals surface area contributed by atoms with E-state index in [1.165, 1.54) is 0 Å². The molecule has 0 radical (unpaired) electrons. The van der Waals surface area contributed by atoms with Gasteiger partial charge in [-0.25, -0.2) is 4.79 Å². The zero-order valence-electron chi connectivity index (χ0n) is 14.0. The van der Waals surface area contributed by atoms with Crippen LogP contribution >= 0.6 is 0 Å². The van der Waals surface area contributed by atoms with E-state index in [-0.39, 0.29) is 6.03 Å². The molecule has 1 aromatic carbocycles. The molecule has 3 rings (SSSR count). The number of aromatic nitrogens is 2. The molecule has 6 nitrogen and oxygen atoms in total. The van der Waals surface area contributed by atoms with Crippen LogP contribution in [0.25, 0.3) is 10.9 Å². The van der Waals surface area contributed by atoms with Gasteiger partial charge in [0.2, 0.25) is 0 Å². The molecular weight excluding hydrogens is 304 g/mol. The lowest BCUT2D eigenvalue weighted by Gasteiger charge is -2.18. The Labute approximate surface area is 140 Å². The van der Waals surface area contributed by atoms with Crippen LogP contribution in [0.2, 0.25) is 0 Å². The summed E-state index contributed by atoms with van der Waals surface area (Å²) in [5, 5.41) is 7.92. The predicted octanol–water partition coefficient (Wildman–Crippen LogP) is 3.18. The summed E-state index contributed by atoms with van der Waals surface area (Å²) in [6, 6.07) is 9.72. The lowest BCUT2D eigenvalue weighted by molar-refractivity contribution is 0.206. The van der Waals surface area contributed by atoms with Crippen molar-refractivity contribution in [3.05, 3.63) is 59.1 Å². The van der Waals surface area contributed by atoms with Gasteiger partial charge in [0.1, 0.15) is 5.76 Å². The number of carbonyl (C=O) groups excluding carboxylic acids is 1. The third kappa shape index (κ3) is 3.22. The molecule has 3 aromatic rings. The molecule has 0 saturated carbocycles. The fourth-order valence-electron chi connectivity index (χ4n) is 2.65. The Bertz CT molecular complexity index is 848. The van der Waals surface area contributed by atoms with Crippen LogP contribution in [-0.2, 0) is 13.1 Å². The summed E-state index contributed by atoms with van der Waals surface area (Å²) in [6.45, 7) is 4.61. The minimum absolute atomic E-state index is 0.150. The summed E-state index contributed by atoms with van der Waals surface area (Å²) in [6.07, 6.45) is 1.76. The summed E-state index contributed by atoms with van der Waals surface area (Å²) in [4.78, 5) is 18.4. The molecule has 2 heterocycles. The highest BCUT2D eigenvalue weighted by molar-refractivity contribution is 5.82. The number of benzene rings is 1. The van der Waals surface area contributed by atoms with Gasteiger partial charge in [0, 0.05) is 30.7 Å². The van der Waals surface area contributed by atoms with E-state index in [2.05, 4.69) is 15.5 Å². The van der Waals surface area contributed by atoms with Gasteiger partial charge in [-0.1, -0.05) is 29.4 Å². The maximum atomic E-state index is 12.3. The van der Waals surface area contributed by atoms with E-state index in [0.717, 1.165) is 33.5 Å². The second-order valence-corrected chi connectivity index (χ2v) is 5.81. The third-order valence-corrected chi connectivity index (χ3v) is 4.07. The van der Waals surface area contributed by atoms with Gasteiger partial charge < -0.3 is 14.7 Å². The van der Waals surface area contributed by atoms with Gasteiger partial charge in [0.05, 0.1) is 17.8 Å². The van der Waals surface area contributed by atoms with Crippen molar-refractivity contribution >= 4 is 16.9 Å². The van der Waals surface area contributed by atoms with Crippen LogP contribution in [0.1, 0.15) is 22.6 Å². The summed E-state index contributed by atoms with van der Waals surface area (Å²) in [7, 11) is 1.75. The average Bonchev–Trinajstić information content (AvgIpc) is 2.91. The lowest BCUT2D eigenvalue weighted by Crippen LogP contribution is -2.36. The molecule has 2 amide bonds. The van der Waals surface area contributed by atoms with Crippen molar-refractivity contribution < 1.29 is 9.32 Å². The molecule has 0 atom stereocenters. The first kappa shape index (κ1) is 16.0. The number of amides is 2. The van der Waals surface area contributed by atoms with Crippen molar-refractivity contribution in [1.29, 1.82) is 0 Å². The molecule has 6 heteroatoms. The fraction of sp³-hybridized carbons (Fsp3) is 0.278. The van der Waals surface area contributed by atoms with Crippen molar-refractivity contribution in [3.63, 3.8) is 0 Å². The normalized spacial score (nSPS) is 10.8. The maximum Gasteiger partial charge on any atom is 0.317 e. The Hall–Kier alpha value is -2.89. The number of pyridine rings is 1. The van der Waals surface area contributed by atoms with Gasteiger partial charge in [-0.15, -0.1) is 0 Å². The quantitative estimate of drug-likeness (QED) is 0.800. The van der Waals surface area contributed by atoms with Gasteiger partial charge in [0.25, 0.3) is 0 Å². The van der Waals surface area contributed by atoms with E-state index in [0.29, 0.717) is 13.1 Å². The first-order valence-electron chi connectivity index (χ1n) is 7.79. The van der Waals surface area contributed by atoms with Crippen LogP contribution in [0.5, 0.6) is 0 Å². The first-order valence-corrected chi connectivity index (χ1v) is 7.79. The molecule has 0 fully saturated rings. The molecule has 124 valence electrons. The zero-order valence-corrected chi connectivity index (χ0v) is 14.0. The first-order chi connectivity index (χ1) is 11.6. The van der Waals surface area contributed by atoms with Crippen molar-refractivity contribution in [3.8, 4) is 0 Å². The van der Waals surface area contributed by atoms with Crippen LogP contribution in [0, 0.1) is 13.8 Å². The number of nitrogens with zero attached hydrogens (tertiary/aromatic N) is 3. The second kappa shape index (κ2) is 6.70. The highest BCUT2D eigenvalue weighted by Crippen LogP contribution is 2.16. The molecule has 0 bridgehead atoms. The predicted molar refractivity (Wildman–Crippen MR) is 91.4 cm³/mol. The Balaban J connectivity index is 1.66. The number of urea groups is 1. The summed E-state index contributed by atoms with van der Waals surface area (Å²) in [5.41, 5.74) is 3.66. The molecule has 0 aliphatic rings. The maximum absolute atomic E-state index is 12.3. The van der Waals surface area contributed by atoms with Crippen molar-refractivity contribution in [2.24, 2.45) is 0 Å². The minimum Gasteiger partial charge on any atom is -0.361 e. The van der Waals surface area contributed by atoms with Crippen LogP contribution in [0.4, 0.5) is 4.79 Å². The lowest BCUT2D eigenvalue weighted by atomic mass is 10.1. The summed E-state index contributed by atoms with van der Waals surface area (Å²) < 4.78 is 5.14. The fourth-order valence-corrected chi connectivity index (χ4v) is 2.65. The standard InChI is InChI=1S/C18H20N4O2/c1-12-16(13(2)24-21-12)11-22(3)18(23)20-10-15-7-4-6-14-8-5-9-19-17(14)15/h4-9H,10-11H2,1-3H3,(H,20,23). The highest BCUT2D eigenvalue weighted by atomic mass is 16.5. The van der Waals surface area contributed by atoms with Gasteiger partial charge in [-0.3, -0.25) is 4.98 Å². The van der Waals surface area contributed by atoms with E-state index < -0.39 is 0 Å². The van der Waals surface area contributed by atoms with E-state index in [4.69, 9.17) is 4.52 Å². The summed E-state index contributed by atoms with van der Waals surface area (Å²) >= 11 is 0. The molecule has 24 heavy (non-hydrogen) atoms. The van der Waals surface area contributed by atoms with Crippen LogP contribution in [0.15, 0.2) is 41.1 Å². The highest BCUT2D eigenvalue weighted by Gasteiger charge is 2.15. The molecule has 2 aromatic heterocycles. The van der Waals surface area contributed by atoms with E-state index in [1.54, 1.807) is 18.1 Å². The van der Waals surface area contributed by atoms with Crippen LogP contribution in [-0.4, -0.2) is 28.1 Å². The molecular formula is C18H20N4O2. The van der Waals surface area contributed by atoms with Crippen LogP contribution in [0.3, 0.4) is 0 Å². The van der Waals surface area contributed by atoms with E-state index >= 15 is 0 Å². The molecule has 0 unspecified atom stereocenters. The minimum atomic E-state index is -0.150. The van der Waals surface area contributed by atoms with Crippen molar-refractivity contribution in [2.45, 2.75) is 26.9 Å². The van der Waals surface area contributed by atoms with Crippen molar-refractivity contribution in [1.82, 2.24) is 20.4 Å². The van der Waals surface area contributed by atoms with Gasteiger partial charge >= 0.3 is 6.03 Å². The van der Waals surface area contributed by atoms with Crippen molar-refractivity contribution in [2.75, 3.05) is 7.05 Å². The molecule has 1 N–H and O–H groups in total. The Kier molecular flexibility index (Phi) is 4.46.